The van der Waals surface area contributed by atoms with Crippen molar-refractivity contribution in [3.05, 3.63) is 35.4 Å². The third-order valence-corrected chi connectivity index (χ3v) is 4.54. The van der Waals surface area contributed by atoms with Crippen molar-refractivity contribution in [2.75, 3.05) is 0 Å². The highest BCUT2D eigenvalue weighted by Crippen LogP contribution is 2.13. The molecular weight excluding hydrogens is 300 g/mol. The van der Waals surface area contributed by atoms with E-state index in [2.05, 4.69) is 36.1 Å². The molecule has 1 N–H and O–H groups in total. The van der Waals surface area contributed by atoms with Gasteiger partial charge in [-0.25, -0.2) is 4.79 Å². The molecule has 1 rings (SSSR count). The Morgan fingerprint density at radius 2 is 1.25 bits per heavy atom. The second-order valence-electron chi connectivity index (χ2n) is 6.71. The van der Waals surface area contributed by atoms with Gasteiger partial charge in [-0.2, -0.15) is 5.26 Å². The maximum Gasteiger partial charge on any atom is 0.342 e. The van der Waals surface area contributed by atoms with Crippen molar-refractivity contribution in [3.8, 4) is 0 Å². The topological polar surface area (TPSA) is 46.5 Å². The normalized spacial score (nSPS) is 10.8. The van der Waals surface area contributed by atoms with Gasteiger partial charge in [0.05, 0.1) is 0 Å². The van der Waals surface area contributed by atoms with Gasteiger partial charge in [0.25, 0.3) is 0 Å². The Labute approximate surface area is 147 Å². The summed E-state index contributed by atoms with van der Waals surface area (Å²) in [5.74, 6) is -0.537. The largest absolute Gasteiger partial charge is 0.342 e. The Morgan fingerprint density at radius 1 is 0.792 bits per heavy atom. The molecule has 0 radical (unpaired) electrons. The van der Waals surface area contributed by atoms with Crippen molar-refractivity contribution in [1.82, 2.24) is 0 Å². The molecule has 0 aliphatic heterocycles. The maximum atomic E-state index is 10.8. The summed E-state index contributed by atoms with van der Waals surface area (Å²) in [7, 11) is 0. The van der Waals surface area contributed by atoms with Crippen LogP contribution in [0.15, 0.2) is 24.3 Å². The van der Waals surface area contributed by atoms with E-state index in [-0.39, 0.29) is 0 Å². The van der Waals surface area contributed by atoms with Crippen LogP contribution in [-0.2, 0) is 22.5 Å². The number of hydrogen-bond acceptors (Lipinski definition) is 3. The molecule has 0 bridgehead atoms. The molecule has 1 aromatic carbocycles. The SMILES string of the molecule is CCCCCCCCCc1ccc(CCCCCC(=O)OO)cc1. The number of rotatable bonds is 14. The van der Waals surface area contributed by atoms with Crippen LogP contribution in [0.25, 0.3) is 0 Å². The Morgan fingerprint density at radius 3 is 1.75 bits per heavy atom. The molecule has 3 nitrogen and oxygen atoms in total. The lowest BCUT2D eigenvalue weighted by Gasteiger charge is -2.05. The molecule has 136 valence electrons. The lowest BCUT2D eigenvalue weighted by atomic mass is 10.0. The molecule has 0 aliphatic rings. The smallest absolute Gasteiger partial charge is 0.301 e. The van der Waals surface area contributed by atoms with Crippen molar-refractivity contribution in [2.45, 2.75) is 90.4 Å². The Balaban J connectivity index is 2.07. The molecule has 24 heavy (non-hydrogen) atoms. The van der Waals surface area contributed by atoms with Gasteiger partial charge in [-0.3, -0.25) is 0 Å². The Kier molecular flexibility index (Phi) is 12.1. The molecule has 0 amide bonds. The zero-order valence-electron chi connectivity index (χ0n) is 15.3. The van der Waals surface area contributed by atoms with Gasteiger partial charge in [0.1, 0.15) is 0 Å². The first-order valence-corrected chi connectivity index (χ1v) is 9.68. The van der Waals surface area contributed by atoms with Crippen LogP contribution < -0.4 is 0 Å². The van der Waals surface area contributed by atoms with Crippen molar-refractivity contribution in [3.63, 3.8) is 0 Å². The summed E-state index contributed by atoms with van der Waals surface area (Å²) in [6, 6.07) is 8.99. The molecule has 0 spiro atoms. The fraction of sp³-hybridized carbons (Fsp3) is 0.667. The van der Waals surface area contributed by atoms with E-state index in [1.54, 1.807) is 0 Å². The van der Waals surface area contributed by atoms with E-state index < -0.39 is 5.97 Å². The van der Waals surface area contributed by atoms with Crippen LogP contribution in [0.2, 0.25) is 0 Å². The van der Waals surface area contributed by atoms with Crippen molar-refractivity contribution in [1.29, 1.82) is 0 Å². The highest BCUT2D eigenvalue weighted by atomic mass is 17.1. The first-order chi connectivity index (χ1) is 11.8. The molecule has 3 heteroatoms. The Hall–Kier alpha value is -1.35. The predicted molar refractivity (Wildman–Crippen MR) is 99.0 cm³/mol. The van der Waals surface area contributed by atoms with E-state index in [9.17, 15) is 4.79 Å². The lowest BCUT2D eigenvalue weighted by molar-refractivity contribution is -0.234. The first kappa shape index (κ1) is 20.7. The molecule has 0 aromatic heterocycles. The number of hydrogen-bond donors (Lipinski definition) is 1. The number of benzene rings is 1. The van der Waals surface area contributed by atoms with Gasteiger partial charge in [0.2, 0.25) is 0 Å². The third kappa shape index (κ3) is 10.4. The number of carbonyl (C=O) groups excluding carboxylic acids is 1. The zero-order valence-corrected chi connectivity index (χ0v) is 15.3. The van der Waals surface area contributed by atoms with E-state index in [1.807, 2.05) is 0 Å². The van der Waals surface area contributed by atoms with Crippen LogP contribution in [0.3, 0.4) is 0 Å². The monoisotopic (exact) mass is 334 g/mol. The molecule has 0 atom stereocenters. The average molecular weight is 334 g/mol. The lowest BCUT2D eigenvalue weighted by Crippen LogP contribution is -1.99. The van der Waals surface area contributed by atoms with Crippen LogP contribution in [0, 0.1) is 0 Å². The molecule has 0 heterocycles. The van der Waals surface area contributed by atoms with Gasteiger partial charge < -0.3 is 4.89 Å². The fourth-order valence-electron chi connectivity index (χ4n) is 2.98. The van der Waals surface area contributed by atoms with E-state index in [4.69, 9.17) is 5.26 Å². The quantitative estimate of drug-likeness (QED) is 0.254. The second kappa shape index (κ2) is 14.0. The predicted octanol–water partition coefficient (Wildman–Crippen LogP) is 6.10. The maximum absolute atomic E-state index is 10.8. The van der Waals surface area contributed by atoms with E-state index >= 15 is 0 Å². The van der Waals surface area contributed by atoms with E-state index in [0.717, 1.165) is 25.7 Å². The minimum atomic E-state index is -0.537. The van der Waals surface area contributed by atoms with Gasteiger partial charge in [-0.15, -0.1) is 0 Å². The molecule has 0 saturated heterocycles. The Bertz CT molecular complexity index is 425. The minimum Gasteiger partial charge on any atom is -0.301 e. The van der Waals surface area contributed by atoms with Crippen LogP contribution >= 0.6 is 0 Å². The molecule has 0 fully saturated rings. The molecular formula is C21H34O3. The van der Waals surface area contributed by atoms with Gasteiger partial charge in [-0.1, -0.05) is 76.1 Å². The highest BCUT2D eigenvalue weighted by molar-refractivity contribution is 5.68. The van der Waals surface area contributed by atoms with Crippen LogP contribution in [0.4, 0.5) is 0 Å². The molecule has 0 aliphatic carbocycles. The fourth-order valence-corrected chi connectivity index (χ4v) is 2.98. The zero-order chi connectivity index (χ0) is 17.5. The molecule has 0 unspecified atom stereocenters. The number of aryl methyl sites for hydroxylation is 2. The summed E-state index contributed by atoms with van der Waals surface area (Å²) < 4.78 is 0. The van der Waals surface area contributed by atoms with E-state index in [1.165, 1.54) is 62.5 Å². The average Bonchev–Trinajstić information content (AvgIpc) is 2.61. The number of carbonyl (C=O) groups is 1. The molecule has 0 saturated carbocycles. The van der Waals surface area contributed by atoms with Crippen molar-refractivity contribution >= 4 is 5.97 Å². The first-order valence-electron chi connectivity index (χ1n) is 9.68. The van der Waals surface area contributed by atoms with Gasteiger partial charge in [0, 0.05) is 6.42 Å². The van der Waals surface area contributed by atoms with Gasteiger partial charge >= 0.3 is 5.97 Å². The summed E-state index contributed by atoms with van der Waals surface area (Å²) in [4.78, 5) is 14.4. The molecule has 1 aromatic rings. The van der Waals surface area contributed by atoms with Gasteiger partial charge in [-0.05, 0) is 43.2 Å². The van der Waals surface area contributed by atoms with Crippen molar-refractivity contribution < 1.29 is 14.9 Å². The van der Waals surface area contributed by atoms with Crippen LogP contribution in [0.1, 0.15) is 88.7 Å². The van der Waals surface area contributed by atoms with Crippen molar-refractivity contribution in [2.24, 2.45) is 0 Å². The summed E-state index contributed by atoms with van der Waals surface area (Å²) >= 11 is 0. The van der Waals surface area contributed by atoms with Gasteiger partial charge in [0.15, 0.2) is 0 Å². The summed E-state index contributed by atoms with van der Waals surface area (Å²) in [6.07, 6.45) is 14.9. The summed E-state index contributed by atoms with van der Waals surface area (Å²) in [5, 5.41) is 8.17. The highest BCUT2D eigenvalue weighted by Gasteiger charge is 2.01. The van der Waals surface area contributed by atoms with Crippen LogP contribution in [0.5, 0.6) is 0 Å². The summed E-state index contributed by atoms with van der Waals surface area (Å²) in [6.45, 7) is 2.26. The van der Waals surface area contributed by atoms with E-state index in [0.29, 0.717) is 6.42 Å². The third-order valence-electron chi connectivity index (χ3n) is 4.54. The standard InChI is InChI=1S/C21H34O3/c1-2-3-4-5-6-7-9-12-19-15-17-20(18-16-19)13-10-8-11-14-21(22)24-23/h15-18,23H,2-14H2,1H3. The number of unbranched alkanes of at least 4 members (excludes halogenated alkanes) is 8. The minimum absolute atomic E-state index is 0.299. The van der Waals surface area contributed by atoms with Crippen LogP contribution in [-0.4, -0.2) is 11.2 Å². The summed E-state index contributed by atoms with van der Waals surface area (Å²) in [5.41, 5.74) is 2.81. The second-order valence-corrected chi connectivity index (χ2v) is 6.71.